The molecule has 0 amide bonds. The smallest absolute Gasteiger partial charge is 0.0733 e. The Morgan fingerprint density at radius 3 is 1.92 bits per heavy atom. The van der Waals surface area contributed by atoms with Crippen LogP contribution in [0.5, 0.6) is 0 Å². The minimum atomic E-state index is 0.524. The van der Waals surface area contributed by atoms with Gasteiger partial charge in [0.1, 0.15) is 0 Å². The minimum absolute atomic E-state index is 0.524. The van der Waals surface area contributed by atoms with Crippen LogP contribution >= 0.6 is 0 Å². The van der Waals surface area contributed by atoms with Crippen LogP contribution in [0.25, 0.3) is 22.4 Å². The Labute approximate surface area is 158 Å². The van der Waals surface area contributed by atoms with Crippen LogP contribution in [-0.2, 0) is 0 Å². The van der Waals surface area contributed by atoms with Crippen molar-refractivity contribution in [1.82, 2.24) is 4.98 Å². The number of hydrogen-bond donors (Lipinski definition) is 0. The highest BCUT2D eigenvalue weighted by molar-refractivity contribution is 5.74. The molecule has 0 aliphatic heterocycles. The number of benzene rings is 2. The fraction of sp³-hybridized carbons (Fsp3) is 0.320. The molecule has 3 rings (SSSR count). The fourth-order valence-corrected chi connectivity index (χ4v) is 3.28. The van der Waals surface area contributed by atoms with Gasteiger partial charge in [-0.15, -0.1) is 0 Å². The summed E-state index contributed by atoms with van der Waals surface area (Å²) < 4.78 is 0. The topological polar surface area (TPSA) is 12.9 Å². The third kappa shape index (κ3) is 3.72. The van der Waals surface area contributed by atoms with Crippen LogP contribution in [0.2, 0.25) is 0 Å². The first kappa shape index (κ1) is 18.4. The Morgan fingerprint density at radius 2 is 1.31 bits per heavy atom. The number of pyridine rings is 1. The van der Waals surface area contributed by atoms with Gasteiger partial charge in [0.15, 0.2) is 0 Å². The van der Waals surface area contributed by atoms with E-state index in [4.69, 9.17) is 0 Å². The number of nitrogens with zero attached hydrogens (tertiary/aromatic N) is 1. The first-order valence-electron chi connectivity index (χ1n) is 9.54. The second-order valence-electron chi connectivity index (χ2n) is 7.88. The maximum Gasteiger partial charge on any atom is 0.0733 e. The molecule has 134 valence electrons. The molecule has 0 aliphatic rings. The van der Waals surface area contributed by atoms with E-state index in [1.807, 2.05) is 6.20 Å². The molecule has 0 unspecified atom stereocenters. The summed E-state index contributed by atoms with van der Waals surface area (Å²) in [6, 6.07) is 17.9. The molecule has 1 nitrogen and oxygen atoms in total. The van der Waals surface area contributed by atoms with Crippen molar-refractivity contribution in [3.05, 3.63) is 77.0 Å². The summed E-state index contributed by atoms with van der Waals surface area (Å²) in [5, 5.41) is 0. The van der Waals surface area contributed by atoms with E-state index in [1.54, 1.807) is 0 Å². The number of hydrogen-bond acceptors (Lipinski definition) is 1. The van der Waals surface area contributed by atoms with Crippen LogP contribution in [0.4, 0.5) is 0 Å². The van der Waals surface area contributed by atoms with E-state index in [0.717, 1.165) is 5.69 Å². The van der Waals surface area contributed by atoms with Crippen molar-refractivity contribution < 1.29 is 0 Å². The van der Waals surface area contributed by atoms with E-state index in [-0.39, 0.29) is 0 Å². The van der Waals surface area contributed by atoms with Crippen molar-refractivity contribution in [1.29, 1.82) is 0 Å². The molecule has 0 saturated heterocycles. The molecule has 0 N–H and O–H groups in total. The van der Waals surface area contributed by atoms with E-state index in [0.29, 0.717) is 11.8 Å². The molecule has 1 heteroatoms. The van der Waals surface area contributed by atoms with E-state index in [2.05, 4.69) is 95.1 Å². The van der Waals surface area contributed by atoms with E-state index < -0.39 is 0 Å². The highest BCUT2D eigenvalue weighted by Crippen LogP contribution is 2.32. The molecule has 0 bridgehead atoms. The Kier molecular flexibility index (Phi) is 5.27. The van der Waals surface area contributed by atoms with Crippen LogP contribution in [0.15, 0.2) is 54.7 Å². The number of rotatable bonds is 4. The standard InChI is InChI=1S/C25H29N/c1-16(2)22-13-23(17(3)4)15-24(14-22)20-8-7-9-21(12-20)25-19(6)18(5)10-11-26-25/h7-17H,1-6H3. The van der Waals surface area contributed by atoms with Gasteiger partial charge in [-0.2, -0.15) is 0 Å². The monoisotopic (exact) mass is 343 g/mol. The van der Waals surface area contributed by atoms with Crippen molar-refractivity contribution >= 4 is 0 Å². The maximum absolute atomic E-state index is 4.64. The lowest BCUT2D eigenvalue weighted by Crippen LogP contribution is -1.95. The largest absolute Gasteiger partial charge is 0.256 e. The number of aryl methyl sites for hydroxylation is 1. The average Bonchev–Trinajstić information content (AvgIpc) is 2.63. The second kappa shape index (κ2) is 7.45. The minimum Gasteiger partial charge on any atom is -0.256 e. The first-order chi connectivity index (χ1) is 12.4. The van der Waals surface area contributed by atoms with Crippen molar-refractivity contribution in [3.8, 4) is 22.4 Å². The van der Waals surface area contributed by atoms with Gasteiger partial charge in [-0.1, -0.05) is 64.1 Å². The summed E-state index contributed by atoms with van der Waals surface area (Å²) in [5.41, 5.74) is 10.2. The summed E-state index contributed by atoms with van der Waals surface area (Å²) in [5.74, 6) is 1.05. The summed E-state index contributed by atoms with van der Waals surface area (Å²) in [7, 11) is 0. The predicted octanol–water partition coefficient (Wildman–Crippen LogP) is 7.28. The van der Waals surface area contributed by atoms with E-state index in [9.17, 15) is 0 Å². The van der Waals surface area contributed by atoms with Crippen LogP contribution in [-0.4, -0.2) is 4.98 Å². The van der Waals surface area contributed by atoms with Gasteiger partial charge in [0.25, 0.3) is 0 Å². The molecular weight excluding hydrogens is 314 g/mol. The normalized spacial score (nSPS) is 11.4. The molecule has 0 atom stereocenters. The van der Waals surface area contributed by atoms with Crippen LogP contribution < -0.4 is 0 Å². The van der Waals surface area contributed by atoms with Crippen LogP contribution in [0, 0.1) is 13.8 Å². The fourth-order valence-electron chi connectivity index (χ4n) is 3.28. The molecule has 0 radical (unpaired) electrons. The zero-order chi connectivity index (χ0) is 18.8. The van der Waals surface area contributed by atoms with Gasteiger partial charge in [0, 0.05) is 11.8 Å². The van der Waals surface area contributed by atoms with Gasteiger partial charge in [0.2, 0.25) is 0 Å². The van der Waals surface area contributed by atoms with Gasteiger partial charge >= 0.3 is 0 Å². The third-order valence-electron chi connectivity index (χ3n) is 5.26. The Balaban J connectivity index is 2.12. The lowest BCUT2D eigenvalue weighted by molar-refractivity contribution is 0.834. The van der Waals surface area contributed by atoms with E-state index >= 15 is 0 Å². The molecule has 1 aromatic heterocycles. The summed E-state index contributed by atoms with van der Waals surface area (Å²) in [4.78, 5) is 4.64. The van der Waals surface area contributed by atoms with Gasteiger partial charge in [-0.25, -0.2) is 0 Å². The Hall–Kier alpha value is -2.41. The molecule has 3 aromatic rings. The molecule has 1 heterocycles. The molecular formula is C25H29N. The van der Waals surface area contributed by atoms with Crippen molar-refractivity contribution in [2.24, 2.45) is 0 Å². The molecule has 0 aliphatic carbocycles. The zero-order valence-electron chi connectivity index (χ0n) is 16.8. The summed E-state index contributed by atoms with van der Waals surface area (Å²) >= 11 is 0. The predicted molar refractivity (Wildman–Crippen MR) is 113 cm³/mol. The number of aromatic nitrogens is 1. The molecule has 0 spiro atoms. The van der Waals surface area contributed by atoms with Gasteiger partial charge in [0.05, 0.1) is 5.69 Å². The van der Waals surface area contributed by atoms with Gasteiger partial charge in [-0.05, 0) is 71.2 Å². The third-order valence-corrected chi connectivity index (χ3v) is 5.26. The van der Waals surface area contributed by atoms with Crippen molar-refractivity contribution in [2.45, 2.75) is 53.4 Å². The average molecular weight is 344 g/mol. The summed E-state index contributed by atoms with van der Waals surface area (Å²) in [6.45, 7) is 13.4. The second-order valence-corrected chi connectivity index (χ2v) is 7.88. The lowest BCUT2D eigenvalue weighted by atomic mass is 9.90. The van der Waals surface area contributed by atoms with Crippen molar-refractivity contribution in [3.63, 3.8) is 0 Å². The highest BCUT2D eigenvalue weighted by atomic mass is 14.7. The Morgan fingerprint density at radius 1 is 0.692 bits per heavy atom. The molecule has 0 fully saturated rings. The first-order valence-corrected chi connectivity index (χ1v) is 9.54. The van der Waals surface area contributed by atoms with Gasteiger partial charge < -0.3 is 0 Å². The molecule has 2 aromatic carbocycles. The van der Waals surface area contributed by atoms with Gasteiger partial charge in [-0.3, -0.25) is 4.98 Å². The van der Waals surface area contributed by atoms with Crippen LogP contribution in [0.1, 0.15) is 61.8 Å². The quantitative estimate of drug-likeness (QED) is 0.485. The molecule has 0 saturated carbocycles. The lowest BCUT2D eigenvalue weighted by Gasteiger charge is -2.15. The summed E-state index contributed by atoms with van der Waals surface area (Å²) in [6.07, 6.45) is 1.90. The van der Waals surface area contributed by atoms with E-state index in [1.165, 1.54) is 38.9 Å². The van der Waals surface area contributed by atoms with Crippen LogP contribution in [0.3, 0.4) is 0 Å². The Bertz CT molecular complexity index is 893. The zero-order valence-corrected chi connectivity index (χ0v) is 16.8. The van der Waals surface area contributed by atoms with Crippen molar-refractivity contribution in [2.75, 3.05) is 0 Å². The highest BCUT2D eigenvalue weighted by Gasteiger charge is 2.11. The molecule has 26 heavy (non-hydrogen) atoms. The maximum atomic E-state index is 4.64. The SMILES string of the molecule is Cc1ccnc(-c2cccc(-c3cc(C(C)C)cc(C(C)C)c3)c2)c1C.